The molecule has 0 spiro atoms. The van der Waals surface area contributed by atoms with Crippen LogP contribution in [0, 0.1) is 34.6 Å². The van der Waals surface area contributed by atoms with E-state index in [1.807, 2.05) is 27.7 Å². The first kappa shape index (κ1) is 39.3. The van der Waals surface area contributed by atoms with Gasteiger partial charge in [-0.25, -0.2) is 0 Å². The first-order valence-corrected chi connectivity index (χ1v) is 18.1. The van der Waals surface area contributed by atoms with Gasteiger partial charge < -0.3 is 4.90 Å². The predicted molar refractivity (Wildman–Crippen MR) is 226 cm³/mol. The standard InChI is InChI=1S/C45H45N.2C2H6/c1-32(41-20-10-8-11-21-41)16-14-18-39-24-28-43(29-25-39)46(45-37(6)35(4)34(3)36(5)38(45)7)44-30-26-40(27-31-44)19-15-17-33(2)42-22-12-9-13-23-42;2*1-2/h8-31H,1-7H3;2*1-2H3/b18-14+,19-15+,32-16+,33-17+;;. The second-order valence-electron chi connectivity index (χ2n) is 12.1. The number of allylic oxidation sites excluding steroid dienone is 6. The van der Waals surface area contributed by atoms with Crippen molar-refractivity contribution in [3.8, 4) is 0 Å². The maximum absolute atomic E-state index is 2.42. The Morgan fingerprint density at radius 2 is 0.740 bits per heavy atom. The van der Waals surface area contributed by atoms with Crippen LogP contribution in [0.3, 0.4) is 0 Å². The Morgan fingerprint density at radius 3 is 1.08 bits per heavy atom. The van der Waals surface area contributed by atoms with Gasteiger partial charge in [-0.15, -0.1) is 0 Å². The molecule has 50 heavy (non-hydrogen) atoms. The fraction of sp³-hybridized carbons (Fsp3) is 0.224. The molecule has 1 heteroatoms. The average molecular weight is 660 g/mol. The smallest absolute Gasteiger partial charge is 0.0525 e. The van der Waals surface area contributed by atoms with Crippen molar-refractivity contribution in [2.75, 3.05) is 4.90 Å². The second kappa shape index (κ2) is 19.8. The summed E-state index contributed by atoms with van der Waals surface area (Å²) in [6.45, 7) is 23.6. The van der Waals surface area contributed by atoms with Gasteiger partial charge in [0.2, 0.25) is 0 Å². The summed E-state index contributed by atoms with van der Waals surface area (Å²) in [5, 5.41) is 0. The van der Waals surface area contributed by atoms with Crippen LogP contribution in [0.2, 0.25) is 0 Å². The molecule has 5 rings (SSSR count). The molecule has 0 heterocycles. The molecule has 0 aromatic heterocycles. The molecule has 0 saturated carbocycles. The minimum Gasteiger partial charge on any atom is -0.310 e. The van der Waals surface area contributed by atoms with Crippen molar-refractivity contribution in [1.29, 1.82) is 0 Å². The molecule has 0 amide bonds. The van der Waals surface area contributed by atoms with Gasteiger partial charge in [-0.1, -0.05) is 149 Å². The number of benzene rings is 5. The number of anilines is 3. The van der Waals surface area contributed by atoms with Crippen LogP contribution in [0.25, 0.3) is 23.3 Å². The number of rotatable bonds is 9. The highest BCUT2D eigenvalue weighted by Gasteiger charge is 2.21. The highest BCUT2D eigenvalue weighted by Crippen LogP contribution is 2.42. The fourth-order valence-corrected chi connectivity index (χ4v) is 5.89. The van der Waals surface area contributed by atoms with E-state index in [1.54, 1.807) is 0 Å². The molecule has 0 radical (unpaired) electrons. The van der Waals surface area contributed by atoms with Gasteiger partial charge in [0.05, 0.1) is 5.69 Å². The van der Waals surface area contributed by atoms with E-state index in [0.29, 0.717) is 0 Å². The van der Waals surface area contributed by atoms with E-state index in [0.717, 1.165) is 11.4 Å². The van der Waals surface area contributed by atoms with E-state index in [1.165, 1.54) is 66.9 Å². The van der Waals surface area contributed by atoms with Gasteiger partial charge in [-0.2, -0.15) is 0 Å². The van der Waals surface area contributed by atoms with Crippen LogP contribution in [-0.4, -0.2) is 0 Å². The maximum atomic E-state index is 2.42. The van der Waals surface area contributed by atoms with E-state index < -0.39 is 0 Å². The molecule has 0 bridgehead atoms. The molecule has 0 saturated heterocycles. The van der Waals surface area contributed by atoms with Crippen LogP contribution in [0.15, 0.2) is 133 Å². The third-order valence-corrected chi connectivity index (χ3v) is 9.21. The zero-order valence-electron chi connectivity index (χ0n) is 32.3. The first-order valence-electron chi connectivity index (χ1n) is 18.1. The normalized spacial score (nSPS) is 11.6. The van der Waals surface area contributed by atoms with E-state index >= 15 is 0 Å². The molecule has 0 fully saturated rings. The lowest BCUT2D eigenvalue weighted by Crippen LogP contribution is -2.15. The molecule has 258 valence electrons. The Morgan fingerprint density at radius 1 is 0.420 bits per heavy atom. The third kappa shape index (κ3) is 9.95. The van der Waals surface area contributed by atoms with Crippen LogP contribution in [-0.2, 0) is 0 Å². The molecule has 0 aliphatic heterocycles. The summed E-state index contributed by atoms with van der Waals surface area (Å²) in [5.74, 6) is 0. The molecule has 0 aliphatic rings. The SMILES string of the molecule is C/C(=C\C=C\c1ccc(N(c2ccc(/C=C/C=C(\C)c3ccccc3)cc2)c2c(C)c(C)c(C)c(C)c2C)cc1)c1ccccc1.CC.CC. The monoisotopic (exact) mass is 659 g/mol. The molecule has 5 aromatic rings. The summed E-state index contributed by atoms with van der Waals surface area (Å²) in [4.78, 5) is 2.42. The minimum absolute atomic E-state index is 1.15. The van der Waals surface area contributed by atoms with Gasteiger partial charge in [0.15, 0.2) is 0 Å². The highest BCUT2D eigenvalue weighted by atomic mass is 15.1. The summed E-state index contributed by atoms with van der Waals surface area (Å²) in [6, 6.07) is 38.8. The van der Waals surface area contributed by atoms with Crippen LogP contribution in [0.5, 0.6) is 0 Å². The zero-order valence-corrected chi connectivity index (χ0v) is 32.3. The molecule has 0 aliphatic carbocycles. The Hall–Kier alpha value is -5.14. The highest BCUT2D eigenvalue weighted by molar-refractivity contribution is 5.83. The van der Waals surface area contributed by atoms with Crippen LogP contribution in [0.4, 0.5) is 17.1 Å². The van der Waals surface area contributed by atoms with E-state index in [4.69, 9.17) is 0 Å². The fourth-order valence-electron chi connectivity index (χ4n) is 5.89. The number of hydrogen-bond acceptors (Lipinski definition) is 1. The molecule has 5 aromatic carbocycles. The average Bonchev–Trinajstić information content (AvgIpc) is 3.18. The number of nitrogens with zero attached hydrogens (tertiary/aromatic N) is 1. The molecule has 0 atom stereocenters. The molecule has 1 nitrogen and oxygen atoms in total. The summed E-state index contributed by atoms with van der Waals surface area (Å²) < 4.78 is 0. The third-order valence-electron chi connectivity index (χ3n) is 9.21. The van der Waals surface area contributed by atoms with E-state index in [2.05, 4.69) is 199 Å². The predicted octanol–water partition coefficient (Wildman–Crippen LogP) is 15.0. The van der Waals surface area contributed by atoms with Crippen LogP contribution < -0.4 is 4.90 Å². The Bertz CT molecular complexity index is 1760. The summed E-state index contributed by atoms with van der Waals surface area (Å²) in [5.41, 5.74) is 17.6. The first-order chi connectivity index (χ1) is 24.2. The maximum Gasteiger partial charge on any atom is 0.0525 e. The molecule has 0 unspecified atom stereocenters. The molecule has 0 N–H and O–H groups in total. The molecular formula is C49H57N. The largest absolute Gasteiger partial charge is 0.310 e. The van der Waals surface area contributed by atoms with Crippen molar-refractivity contribution >= 4 is 40.4 Å². The van der Waals surface area contributed by atoms with Crippen molar-refractivity contribution in [3.05, 3.63) is 184 Å². The van der Waals surface area contributed by atoms with Crippen molar-refractivity contribution in [1.82, 2.24) is 0 Å². The van der Waals surface area contributed by atoms with E-state index in [-0.39, 0.29) is 0 Å². The Balaban J connectivity index is 0.00000163. The lowest BCUT2D eigenvalue weighted by atomic mass is 9.91. The summed E-state index contributed by atoms with van der Waals surface area (Å²) in [7, 11) is 0. The van der Waals surface area contributed by atoms with Gasteiger partial charge in [0.25, 0.3) is 0 Å². The van der Waals surface area contributed by atoms with Crippen LogP contribution >= 0.6 is 0 Å². The lowest BCUT2D eigenvalue weighted by Gasteiger charge is -2.31. The quantitative estimate of drug-likeness (QED) is 0.142. The van der Waals surface area contributed by atoms with Gasteiger partial charge in [0.1, 0.15) is 0 Å². The minimum atomic E-state index is 1.15. The zero-order chi connectivity index (χ0) is 36.6. The van der Waals surface area contributed by atoms with E-state index in [9.17, 15) is 0 Å². The van der Waals surface area contributed by atoms with Crippen molar-refractivity contribution in [2.45, 2.75) is 76.2 Å². The van der Waals surface area contributed by atoms with Crippen molar-refractivity contribution in [3.63, 3.8) is 0 Å². The summed E-state index contributed by atoms with van der Waals surface area (Å²) >= 11 is 0. The topological polar surface area (TPSA) is 3.24 Å². The molecular weight excluding hydrogens is 603 g/mol. The number of hydrogen-bond donors (Lipinski definition) is 0. The van der Waals surface area contributed by atoms with Crippen molar-refractivity contribution < 1.29 is 0 Å². The Labute approximate surface area is 304 Å². The second-order valence-corrected chi connectivity index (χ2v) is 12.1. The summed E-state index contributed by atoms with van der Waals surface area (Å²) in [6.07, 6.45) is 13.0. The van der Waals surface area contributed by atoms with Crippen molar-refractivity contribution in [2.24, 2.45) is 0 Å². The van der Waals surface area contributed by atoms with Gasteiger partial charge in [-0.05, 0) is 134 Å². The van der Waals surface area contributed by atoms with Gasteiger partial charge in [0, 0.05) is 11.4 Å². The van der Waals surface area contributed by atoms with Gasteiger partial charge >= 0.3 is 0 Å². The van der Waals surface area contributed by atoms with Gasteiger partial charge in [-0.3, -0.25) is 0 Å². The van der Waals surface area contributed by atoms with Crippen LogP contribution in [0.1, 0.15) is 91.6 Å². The lowest BCUT2D eigenvalue weighted by molar-refractivity contribution is 1.13. The Kier molecular flexibility index (Phi) is 15.5.